The normalized spacial score (nSPS) is 24.9. The fourth-order valence-electron chi connectivity index (χ4n) is 3.21. The maximum Gasteiger partial charge on any atom is 0.306 e. The van der Waals surface area contributed by atoms with Crippen molar-refractivity contribution >= 4 is 16.2 Å². The molecule has 1 saturated carbocycles. The molecule has 0 spiro atoms. The Labute approximate surface area is 120 Å². The highest BCUT2D eigenvalue weighted by Gasteiger charge is 2.33. The molecule has 7 heteroatoms. The predicted molar refractivity (Wildman–Crippen MR) is 75.4 cm³/mol. The number of carbonyl (C=O) groups is 1. The van der Waals surface area contributed by atoms with Gasteiger partial charge in [0.1, 0.15) is 0 Å². The van der Waals surface area contributed by atoms with E-state index in [1.54, 1.807) is 0 Å². The van der Waals surface area contributed by atoms with E-state index in [1.807, 2.05) is 6.92 Å². The molecule has 0 radical (unpaired) electrons. The van der Waals surface area contributed by atoms with Gasteiger partial charge in [-0.2, -0.15) is 17.4 Å². The number of hydrogen-bond donors (Lipinski definition) is 2. The predicted octanol–water partition coefficient (Wildman–Crippen LogP) is 1.20. The van der Waals surface area contributed by atoms with Gasteiger partial charge in [-0.15, -0.1) is 0 Å². The van der Waals surface area contributed by atoms with Gasteiger partial charge >= 0.3 is 5.97 Å². The van der Waals surface area contributed by atoms with Gasteiger partial charge in [0.25, 0.3) is 10.2 Å². The zero-order chi connectivity index (χ0) is 14.8. The number of piperidine rings is 1. The molecule has 20 heavy (non-hydrogen) atoms. The zero-order valence-corrected chi connectivity index (χ0v) is 12.7. The van der Waals surface area contributed by atoms with E-state index in [-0.39, 0.29) is 6.04 Å². The second-order valence-electron chi connectivity index (χ2n) is 5.97. The van der Waals surface area contributed by atoms with Gasteiger partial charge in [0.2, 0.25) is 0 Å². The third-order valence-electron chi connectivity index (χ3n) is 4.58. The summed E-state index contributed by atoms with van der Waals surface area (Å²) >= 11 is 0. The maximum absolute atomic E-state index is 12.3. The highest BCUT2D eigenvalue weighted by molar-refractivity contribution is 7.87. The van der Waals surface area contributed by atoms with Crippen molar-refractivity contribution in [1.82, 2.24) is 9.03 Å². The Morgan fingerprint density at radius 3 is 2.25 bits per heavy atom. The summed E-state index contributed by atoms with van der Waals surface area (Å²) in [5.41, 5.74) is 0. The Kier molecular flexibility index (Phi) is 5.04. The van der Waals surface area contributed by atoms with Crippen molar-refractivity contribution in [3.8, 4) is 0 Å². The lowest BCUT2D eigenvalue weighted by Crippen LogP contribution is -2.49. The number of carboxylic acid groups (broad SMARTS) is 1. The summed E-state index contributed by atoms with van der Waals surface area (Å²) in [6, 6.07) is -0.0419. The minimum Gasteiger partial charge on any atom is -0.481 e. The monoisotopic (exact) mass is 304 g/mol. The Balaban J connectivity index is 1.89. The Morgan fingerprint density at radius 1 is 1.20 bits per heavy atom. The SMILES string of the molecule is C[C@H](NS(=O)(=O)N1CCC(C(=O)O)CC1)C1CCCC1. The largest absolute Gasteiger partial charge is 0.481 e. The molecule has 6 nitrogen and oxygen atoms in total. The molecule has 2 rings (SSSR count). The molecule has 0 aromatic heterocycles. The standard InChI is InChI=1S/C13H24N2O4S/c1-10(11-4-2-3-5-11)14-20(18,19)15-8-6-12(7-9-15)13(16)17/h10-12,14H,2-9H2,1H3,(H,16,17)/t10-/m0/s1. The summed E-state index contributed by atoms with van der Waals surface area (Å²) in [5.74, 6) is -0.802. The van der Waals surface area contributed by atoms with Crippen molar-refractivity contribution < 1.29 is 18.3 Å². The van der Waals surface area contributed by atoms with E-state index in [1.165, 1.54) is 17.1 Å². The van der Waals surface area contributed by atoms with Gasteiger partial charge < -0.3 is 5.11 Å². The molecule has 2 N–H and O–H groups in total. The molecule has 2 aliphatic rings. The fraction of sp³-hybridized carbons (Fsp3) is 0.923. The van der Waals surface area contributed by atoms with Crippen LogP contribution in [0.5, 0.6) is 0 Å². The third kappa shape index (κ3) is 3.71. The van der Waals surface area contributed by atoms with Crippen LogP contribution in [0, 0.1) is 11.8 Å². The number of nitrogens with one attached hydrogen (secondary N) is 1. The molecule has 1 atom stereocenters. The lowest BCUT2D eigenvalue weighted by atomic mass is 9.99. The first-order valence-electron chi connectivity index (χ1n) is 7.40. The number of aliphatic carboxylic acids is 1. The summed E-state index contributed by atoms with van der Waals surface area (Å²) in [5, 5.41) is 8.93. The van der Waals surface area contributed by atoms with Crippen molar-refractivity contribution in [1.29, 1.82) is 0 Å². The second-order valence-corrected chi connectivity index (χ2v) is 7.67. The molecule has 0 unspecified atom stereocenters. The van der Waals surface area contributed by atoms with Crippen LogP contribution in [0.4, 0.5) is 0 Å². The van der Waals surface area contributed by atoms with E-state index in [4.69, 9.17) is 5.11 Å². The first-order valence-corrected chi connectivity index (χ1v) is 8.84. The molecule has 1 saturated heterocycles. The van der Waals surface area contributed by atoms with Crippen LogP contribution in [-0.2, 0) is 15.0 Å². The van der Waals surface area contributed by atoms with Gasteiger partial charge in [-0.05, 0) is 38.5 Å². The van der Waals surface area contributed by atoms with Crippen molar-refractivity contribution in [2.24, 2.45) is 11.8 Å². The molecule has 0 aromatic carbocycles. The summed E-state index contributed by atoms with van der Waals surface area (Å²) in [6.45, 7) is 2.52. The molecule has 2 fully saturated rings. The number of nitrogens with zero attached hydrogens (tertiary/aromatic N) is 1. The van der Waals surface area contributed by atoms with Crippen LogP contribution in [0.15, 0.2) is 0 Å². The van der Waals surface area contributed by atoms with Crippen LogP contribution in [0.1, 0.15) is 45.4 Å². The number of carboxylic acids is 1. The second kappa shape index (κ2) is 6.41. The minimum absolute atomic E-state index is 0.0419. The maximum atomic E-state index is 12.3. The molecular formula is C13H24N2O4S. The first kappa shape index (κ1) is 15.7. The Morgan fingerprint density at radius 2 is 1.75 bits per heavy atom. The van der Waals surface area contributed by atoms with Crippen LogP contribution in [0.3, 0.4) is 0 Å². The Hall–Kier alpha value is -0.660. The topological polar surface area (TPSA) is 86.7 Å². The zero-order valence-electron chi connectivity index (χ0n) is 11.9. The van der Waals surface area contributed by atoms with Crippen LogP contribution >= 0.6 is 0 Å². The molecule has 1 aliphatic heterocycles. The van der Waals surface area contributed by atoms with E-state index in [2.05, 4.69) is 4.72 Å². The lowest BCUT2D eigenvalue weighted by Gasteiger charge is -2.31. The van der Waals surface area contributed by atoms with Crippen LogP contribution < -0.4 is 4.72 Å². The summed E-state index contributed by atoms with van der Waals surface area (Å²) in [7, 11) is -3.48. The molecule has 1 heterocycles. The van der Waals surface area contributed by atoms with Crippen molar-refractivity contribution in [3.63, 3.8) is 0 Å². The minimum atomic E-state index is -3.48. The summed E-state index contributed by atoms with van der Waals surface area (Å²) < 4.78 is 28.7. The first-order chi connectivity index (χ1) is 9.40. The molecule has 0 amide bonds. The quantitative estimate of drug-likeness (QED) is 0.799. The third-order valence-corrected chi connectivity index (χ3v) is 6.30. The van der Waals surface area contributed by atoms with Crippen molar-refractivity contribution in [2.75, 3.05) is 13.1 Å². The molecule has 1 aliphatic carbocycles. The number of hydrogen-bond acceptors (Lipinski definition) is 3. The van der Waals surface area contributed by atoms with Gasteiger partial charge in [0, 0.05) is 19.1 Å². The molecule has 0 aromatic rings. The van der Waals surface area contributed by atoms with Gasteiger partial charge in [0.15, 0.2) is 0 Å². The van der Waals surface area contributed by atoms with E-state index in [0.29, 0.717) is 31.8 Å². The highest BCUT2D eigenvalue weighted by atomic mass is 32.2. The van der Waals surface area contributed by atoms with Gasteiger partial charge in [0.05, 0.1) is 5.92 Å². The van der Waals surface area contributed by atoms with E-state index in [0.717, 1.165) is 12.8 Å². The van der Waals surface area contributed by atoms with Crippen LogP contribution in [0.25, 0.3) is 0 Å². The van der Waals surface area contributed by atoms with Gasteiger partial charge in [-0.25, -0.2) is 0 Å². The number of rotatable bonds is 5. The average Bonchev–Trinajstić information content (AvgIpc) is 2.92. The lowest BCUT2D eigenvalue weighted by molar-refractivity contribution is -0.142. The fourth-order valence-corrected chi connectivity index (χ4v) is 4.71. The summed E-state index contributed by atoms with van der Waals surface area (Å²) in [4.78, 5) is 10.9. The van der Waals surface area contributed by atoms with Crippen molar-refractivity contribution in [2.45, 2.75) is 51.5 Å². The molecule has 0 bridgehead atoms. The van der Waals surface area contributed by atoms with Crippen molar-refractivity contribution in [3.05, 3.63) is 0 Å². The molecular weight excluding hydrogens is 280 g/mol. The van der Waals surface area contributed by atoms with E-state index in [9.17, 15) is 13.2 Å². The molecule has 116 valence electrons. The highest BCUT2D eigenvalue weighted by Crippen LogP contribution is 2.28. The van der Waals surface area contributed by atoms with Gasteiger partial charge in [-0.3, -0.25) is 4.79 Å². The average molecular weight is 304 g/mol. The summed E-state index contributed by atoms with van der Waals surface area (Å²) in [6.07, 6.45) is 5.33. The van der Waals surface area contributed by atoms with E-state index >= 15 is 0 Å². The van der Waals surface area contributed by atoms with Crippen LogP contribution in [-0.4, -0.2) is 42.9 Å². The van der Waals surface area contributed by atoms with Crippen LogP contribution in [0.2, 0.25) is 0 Å². The van der Waals surface area contributed by atoms with Gasteiger partial charge in [-0.1, -0.05) is 12.8 Å². The Bertz CT molecular complexity index is 437. The van der Waals surface area contributed by atoms with E-state index < -0.39 is 22.1 Å². The smallest absolute Gasteiger partial charge is 0.306 e.